The predicted molar refractivity (Wildman–Crippen MR) is 117 cm³/mol. The van der Waals surface area contributed by atoms with E-state index in [2.05, 4.69) is 12.2 Å². The molecule has 2 fully saturated rings. The SMILES string of the molecule is CCc1ccc(C(=O)N2CCC[C@H](COc3ccc(C(=O)NC4CC4)cc3)C2)cc1. The average molecular weight is 407 g/mol. The van der Waals surface area contributed by atoms with E-state index >= 15 is 0 Å². The molecule has 4 rings (SSSR count). The van der Waals surface area contributed by atoms with E-state index in [1.165, 1.54) is 5.56 Å². The molecule has 5 nitrogen and oxygen atoms in total. The summed E-state index contributed by atoms with van der Waals surface area (Å²) >= 11 is 0. The van der Waals surface area contributed by atoms with Gasteiger partial charge >= 0.3 is 0 Å². The summed E-state index contributed by atoms with van der Waals surface area (Å²) in [5, 5.41) is 2.99. The Kier molecular flexibility index (Phi) is 6.36. The van der Waals surface area contributed by atoms with E-state index in [1.807, 2.05) is 53.4 Å². The van der Waals surface area contributed by atoms with Gasteiger partial charge in [-0.25, -0.2) is 0 Å². The highest BCUT2D eigenvalue weighted by Crippen LogP contribution is 2.22. The molecule has 2 amide bonds. The fraction of sp³-hybridized carbons (Fsp3) is 0.440. The second-order valence-corrected chi connectivity index (χ2v) is 8.39. The molecule has 0 unspecified atom stereocenters. The van der Waals surface area contributed by atoms with Crippen molar-refractivity contribution in [1.82, 2.24) is 10.2 Å². The van der Waals surface area contributed by atoms with Crippen LogP contribution in [0, 0.1) is 5.92 Å². The van der Waals surface area contributed by atoms with Gasteiger partial charge in [0.15, 0.2) is 0 Å². The molecule has 30 heavy (non-hydrogen) atoms. The number of likely N-dealkylation sites (tertiary alicyclic amines) is 1. The largest absolute Gasteiger partial charge is 0.493 e. The first-order valence-corrected chi connectivity index (χ1v) is 11.0. The van der Waals surface area contributed by atoms with Gasteiger partial charge in [-0.1, -0.05) is 19.1 Å². The lowest BCUT2D eigenvalue weighted by molar-refractivity contribution is 0.0633. The van der Waals surface area contributed by atoms with Gasteiger partial charge in [-0.2, -0.15) is 0 Å². The van der Waals surface area contributed by atoms with Gasteiger partial charge < -0.3 is 15.0 Å². The average Bonchev–Trinajstić information content (AvgIpc) is 3.62. The van der Waals surface area contributed by atoms with Crippen LogP contribution in [-0.4, -0.2) is 42.5 Å². The summed E-state index contributed by atoms with van der Waals surface area (Å²) in [7, 11) is 0. The van der Waals surface area contributed by atoms with Gasteiger partial charge in [0.25, 0.3) is 11.8 Å². The molecule has 0 spiro atoms. The van der Waals surface area contributed by atoms with Crippen LogP contribution in [0.3, 0.4) is 0 Å². The van der Waals surface area contributed by atoms with Gasteiger partial charge in [0.05, 0.1) is 6.61 Å². The lowest BCUT2D eigenvalue weighted by Gasteiger charge is -2.32. The van der Waals surface area contributed by atoms with Crippen LogP contribution in [0.25, 0.3) is 0 Å². The third-order valence-electron chi connectivity index (χ3n) is 5.93. The number of nitrogens with one attached hydrogen (secondary N) is 1. The van der Waals surface area contributed by atoms with Gasteiger partial charge in [-0.15, -0.1) is 0 Å². The zero-order valence-corrected chi connectivity index (χ0v) is 17.6. The molecular weight excluding hydrogens is 376 g/mol. The third kappa shape index (κ3) is 5.21. The van der Waals surface area contributed by atoms with E-state index in [9.17, 15) is 9.59 Å². The first kappa shape index (κ1) is 20.5. The van der Waals surface area contributed by atoms with Crippen LogP contribution < -0.4 is 10.1 Å². The van der Waals surface area contributed by atoms with Crippen LogP contribution in [0.2, 0.25) is 0 Å². The van der Waals surface area contributed by atoms with E-state index in [0.29, 0.717) is 24.1 Å². The van der Waals surface area contributed by atoms with Crippen LogP contribution in [-0.2, 0) is 6.42 Å². The van der Waals surface area contributed by atoms with Crippen molar-refractivity contribution in [2.45, 2.75) is 45.1 Å². The minimum Gasteiger partial charge on any atom is -0.493 e. The minimum absolute atomic E-state index is 0.0162. The second-order valence-electron chi connectivity index (χ2n) is 8.39. The number of piperidine rings is 1. The van der Waals surface area contributed by atoms with Crippen molar-refractivity contribution in [3.63, 3.8) is 0 Å². The molecule has 2 aliphatic rings. The maximum Gasteiger partial charge on any atom is 0.253 e. The maximum absolute atomic E-state index is 12.8. The highest BCUT2D eigenvalue weighted by atomic mass is 16.5. The summed E-state index contributed by atoms with van der Waals surface area (Å²) in [6, 6.07) is 15.6. The number of ether oxygens (including phenoxy) is 1. The topological polar surface area (TPSA) is 58.6 Å². The molecule has 158 valence electrons. The first-order valence-electron chi connectivity index (χ1n) is 11.0. The number of benzene rings is 2. The number of nitrogens with zero attached hydrogens (tertiary/aromatic N) is 1. The summed E-state index contributed by atoms with van der Waals surface area (Å²) in [6.45, 7) is 4.21. The number of aryl methyl sites for hydroxylation is 1. The summed E-state index contributed by atoms with van der Waals surface area (Å²) in [5.74, 6) is 1.16. The van der Waals surface area contributed by atoms with Crippen molar-refractivity contribution >= 4 is 11.8 Å². The lowest BCUT2D eigenvalue weighted by Crippen LogP contribution is -2.41. The van der Waals surface area contributed by atoms with Crippen LogP contribution in [0.5, 0.6) is 5.75 Å². The van der Waals surface area contributed by atoms with Crippen molar-refractivity contribution in [3.05, 3.63) is 65.2 Å². The van der Waals surface area contributed by atoms with Crippen molar-refractivity contribution in [3.8, 4) is 5.75 Å². The molecule has 1 saturated heterocycles. The molecule has 1 atom stereocenters. The van der Waals surface area contributed by atoms with E-state index in [1.54, 1.807) is 0 Å². The molecule has 1 heterocycles. The third-order valence-corrected chi connectivity index (χ3v) is 5.93. The summed E-state index contributed by atoms with van der Waals surface area (Å²) < 4.78 is 5.97. The van der Waals surface area contributed by atoms with Crippen LogP contribution in [0.15, 0.2) is 48.5 Å². The number of amides is 2. The van der Waals surface area contributed by atoms with Gasteiger partial charge in [0.2, 0.25) is 0 Å². The molecule has 0 radical (unpaired) electrons. The predicted octanol–water partition coefficient (Wildman–Crippen LogP) is 4.07. The molecule has 1 N–H and O–H groups in total. The fourth-order valence-corrected chi connectivity index (χ4v) is 3.86. The summed E-state index contributed by atoms with van der Waals surface area (Å²) in [6.07, 6.45) is 5.19. The monoisotopic (exact) mass is 406 g/mol. The molecule has 0 bridgehead atoms. The molecule has 1 aliphatic carbocycles. The fourth-order valence-electron chi connectivity index (χ4n) is 3.86. The highest BCUT2D eigenvalue weighted by Gasteiger charge is 2.25. The number of carbonyl (C=O) groups excluding carboxylic acids is 2. The normalized spacial score (nSPS) is 18.7. The molecular formula is C25H30N2O3. The molecule has 0 aromatic heterocycles. The van der Waals surface area contributed by atoms with Crippen molar-refractivity contribution in [1.29, 1.82) is 0 Å². The Labute approximate surface area is 178 Å². The Hall–Kier alpha value is -2.82. The second kappa shape index (κ2) is 9.33. The Bertz CT molecular complexity index is 872. The van der Waals surface area contributed by atoms with Crippen molar-refractivity contribution in [2.75, 3.05) is 19.7 Å². The smallest absolute Gasteiger partial charge is 0.253 e. The number of hydrogen-bond donors (Lipinski definition) is 1. The Morgan fingerprint density at radius 3 is 2.37 bits per heavy atom. The van der Waals surface area contributed by atoms with Gasteiger partial charge in [0, 0.05) is 36.2 Å². The van der Waals surface area contributed by atoms with Crippen LogP contribution in [0.1, 0.15) is 58.9 Å². The molecule has 2 aromatic carbocycles. The number of carbonyl (C=O) groups is 2. The Balaban J connectivity index is 1.28. The van der Waals surface area contributed by atoms with Gasteiger partial charge in [-0.3, -0.25) is 9.59 Å². The molecule has 1 saturated carbocycles. The van der Waals surface area contributed by atoms with Crippen molar-refractivity contribution in [2.24, 2.45) is 5.92 Å². The summed E-state index contributed by atoms with van der Waals surface area (Å²) in [5.41, 5.74) is 2.67. The Morgan fingerprint density at radius 1 is 1.00 bits per heavy atom. The Morgan fingerprint density at radius 2 is 1.70 bits per heavy atom. The van der Waals surface area contributed by atoms with E-state index < -0.39 is 0 Å². The molecule has 2 aromatic rings. The molecule has 1 aliphatic heterocycles. The standard InChI is InChI=1S/C25H30N2O3/c1-2-18-5-7-21(8-6-18)25(29)27-15-3-4-19(16-27)17-30-23-13-9-20(10-14-23)24(28)26-22-11-12-22/h5-10,13-14,19,22H,2-4,11-12,15-17H2,1H3,(H,26,28)/t19-/m0/s1. The number of hydrogen-bond acceptors (Lipinski definition) is 3. The zero-order chi connectivity index (χ0) is 20.9. The molecule has 5 heteroatoms. The van der Waals surface area contributed by atoms with Crippen LogP contribution in [0.4, 0.5) is 0 Å². The van der Waals surface area contributed by atoms with Crippen LogP contribution >= 0.6 is 0 Å². The van der Waals surface area contributed by atoms with Gasteiger partial charge in [0.1, 0.15) is 5.75 Å². The highest BCUT2D eigenvalue weighted by molar-refractivity contribution is 5.95. The summed E-state index contributed by atoms with van der Waals surface area (Å²) in [4.78, 5) is 26.9. The zero-order valence-electron chi connectivity index (χ0n) is 17.6. The minimum atomic E-state index is -0.0162. The lowest BCUT2D eigenvalue weighted by atomic mass is 9.98. The van der Waals surface area contributed by atoms with E-state index in [0.717, 1.165) is 56.5 Å². The first-order chi connectivity index (χ1) is 14.6. The van der Waals surface area contributed by atoms with E-state index in [4.69, 9.17) is 4.74 Å². The van der Waals surface area contributed by atoms with Gasteiger partial charge in [-0.05, 0) is 74.1 Å². The maximum atomic E-state index is 12.8. The quantitative estimate of drug-likeness (QED) is 0.754. The number of rotatable bonds is 7. The van der Waals surface area contributed by atoms with Crippen molar-refractivity contribution < 1.29 is 14.3 Å². The van der Waals surface area contributed by atoms with E-state index in [-0.39, 0.29) is 11.8 Å².